The number of carbonyl (C=O) groups excluding carboxylic acids is 1. The van der Waals surface area contributed by atoms with Crippen molar-refractivity contribution in [3.63, 3.8) is 0 Å². The molecule has 18 heavy (non-hydrogen) atoms. The van der Waals surface area contributed by atoms with E-state index < -0.39 is 0 Å². The van der Waals surface area contributed by atoms with Gasteiger partial charge in [-0.1, -0.05) is 25.1 Å². The zero-order chi connectivity index (χ0) is 13.1. The van der Waals surface area contributed by atoms with E-state index in [2.05, 4.69) is 26.1 Å². The van der Waals surface area contributed by atoms with E-state index in [1.807, 2.05) is 29.2 Å². The molecule has 1 aromatic rings. The van der Waals surface area contributed by atoms with Gasteiger partial charge in [-0.15, -0.1) is 0 Å². The molecule has 1 aliphatic heterocycles. The second kappa shape index (κ2) is 5.53. The lowest BCUT2D eigenvalue weighted by Crippen LogP contribution is -2.56. The van der Waals surface area contributed by atoms with Crippen LogP contribution in [0.3, 0.4) is 0 Å². The van der Waals surface area contributed by atoms with Crippen molar-refractivity contribution in [2.45, 2.75) is 39.3 Å². The third kappa shape index (κ3) is 2.56. The fourth-order valence-electron chi connectivity index (χ4n) is 2.50. The average molecular weight is 246 g/mol. The van der Waals surface area contributed by atoms with Crippen molar-refractivity contribution >= 4 is 5.91 Å². The topological polar surface area (TPSA) is 32.3 Å². The molecule has 2 atom stereocenters. The molecule has 3 heteroatoms. The zero-order valence-electron chi connectivity index (χ0n) is 11.4. The van der Waals surface area contributed by atoms with Crippen LogP contribution in [0.4, 0.5) is 0 Å². The van der Waals surface area contributed by atoms with E-state index in [-0.39, 0.29) is 11.9 Å². The standard InChI is InChI=1S/C15H22N2O/c1-4-13-7-5-6-8-14(13)15(18)17-10-11(2)16-9-12(17)3/h5-8,11-12,16H,4,9-10H2,1-3H3. The maximum atomic E-state index is 12.6. The fraction of sp³-hybridized carbons (Fsp3) is 0.533. The first kappa shape index (κ1) is 13.1. The molecule has 1 fully saturated rings. The van der Waals surface area contributed by atoms with Gasteiger partial charge in [-0.25, -0.2) is 0 Å². The number of amides is 1. The van der Waals surface area contributed by atoms with Crippen LogP contribution in [-0.4, -0.2) is 36.0 Å². The Kier molecular flexibility index (Phi) is 4.02. The van der Waals surface area contributed by atoms with Gasteiger partial charge in [-0.05, 0) is 31.9 Å². The molecule has 1 aliphatic rings. The molecule has 1 saturated heterocycles. The van der Waals surface area contributed by atoms with Crippen LogP contribution in [0.2, 0.25) is 0 Å². The number of nitrogens with one attached hydrogen (secondary N) is 1. The lowest BCUT2D eigenvalue weighted by atomic mass is 10.0. The summed E-state index contributed by atoms with van der Waals surface area (Å²) >= 11 is 0. The Morgan fingerprint density at radius 3 is 2.83 bits per heavy atom. The highest BCUT2D eigenvalue weighted by Crippen LogP contribution is 2.16. The molecule has 1 N–H and O–H groups in total. The van der Waals surface area contributed by atoms with E-state index in [0.717, 1.165) is 30.6 Å². The molecule has 0 bridgehead atoms. The average Bonchev–Trinajstić information content (AvgIpc) is 2.40. The predicted molar refractivity (Wildman–Crippen MR) is 73.8 cm³/mol. The lowest BCUT2D eigenvalue weighted by Gasteiger charge is -2.38. The molecule has 3 nitrogen and oxygen atoms in total. The molecule has 0 aromatic heterocycles. The van der Waals surface area contributed by atoms with Gasteiger partial charge in [0.05, 0.1) is 0 Å². The molecule has 0 spiro atoms. The van der Waals surface area contributed by atoms with Gasteiger partial charge in [0.2, 0.25) is 0 Å². The van der Waals surface area contributed by atoms with Crippen molar-refractivity contribution in [1.82, 2.24) is 10.2 Å². The van der Waals surface area contributed by atoms with E-state index in [4.69, 9.17) is 0 Å². The molecule has 2 rings (SSSR count). The minimum atomic E-state index is 0.174. The maximum absolute atomic E-state index is 12.6. The molecule has 0 radical (unpaired) electrons. The van der Waals surface area contributed by atoms with Crippen LogP contribution in [0, 0.1) is 0 Å². The van der Waals surface area contributed by atoms with Crippen LogP contribution in [0.5, 0.6) is 0 Å². The largest absolute Gasteiger partial charge is 0.333 e. The Morgan fingerprint density at radius 2 is 2.11 bits per heavy atom. The van der Waals surface area contributed by atoms with E-state index in [9.17, 15) is 4.79 Å². The van der Waals surface area contributed by atoms with E-state index in [1.54, 1.807) is 0 Å². The summed E-state index contributed by atoms with van der Waals surface area (Å²) in [5.74, 6) is 0.174. The molecular formula is C15H22N2O. The summed E-state index contributed by atoms with van der Waals surface area (Å²) in [5.41, 5.74) is 2.00. The number of hydrogen-bond acceptors (Lipinski definition) is 2. The first-order valence-electron chi connectivity index (χ1n) is 6.75. The summed E-state index contributed by atoms with van der Waals surface area (Å²) in [6.07, 6.45) is 0.901. The third-order valence-corrected chi connectivity index (χ3v) is 3.65. The van der Waals surface area contributed by atoms with Crippen molar-refractivity contribution in [3.05, 3.63) is 35.4 Å². The van der Waals surface area contributed by atoms with Gasteiger partial charge < -0.3 is 10.2 Å². The number of piperazine rings is 1. The van der Waals surface area contributed by atoms with Crippen molar-refractivity contribution in [2.75, 3.05) is 13.1 Å². The normalized spacial score (nSPS) is 24.1. The number of nitrogens with zero attached hydrogens (tertiary/aromatic N) is 1. The fourth-order valence-corrected chi connectivity index (χ4v) is 2.50. The second-order valence-corrected chi connectivity index (χ2v) is 5.13. The van der Waals surface area contributed by atoms with Crippen LogP contribution < -0.4 is 5.32 Å². The molecule has 1 amide bonds. The first-order valence-corrected chi connectivity index (χ1v) is 6.75. The van der Waals surface area contributed by atoms with E-state index in [0.29, 0.717) is 6.04 Å². The Balaban J connectivity index is 2.24. The maximum Gasteiger partial charge on any atom is 0.254 e. The van der Waals surface area contributed by atoms with Crippen molar-refractivity contribution in [3.8, 4) is 0 Å². The van der Waals surface area contributed by atoms with Gasteiger partial charge in [0.25, 0.3) is 5.91 Å². The van der Waals surface area contributed by atoms with Gasteiger partial charge in [-0.2, -0.15) is 0 Å². The van der Waals surface area contributed by atoms with Gasteiger partial charge in [-0.3, -0.25) is 4.79 Å². The lowest BCUT2D eigenvalue weighted by molar-refractivity contribution is 0.0615. The Bertz CT molecular complexity index is 430. The highest BCUT2D eigenvalue weighted by Gasteiger charge is 2.27. The van der Waals surface area contributed by atoms with Gasteiger partial charge in [0.15, 0.2) is 0 Å². The molecule has 98 valence electrons. The molecule has 1 aromatic carbocycles. The first-order chi connectivity index (χ1) is 8.63. The molecule has 2 unspecified atom stereocenters. The quantitative estimate of drug-likeness (QED) is 0.866. The number of aryl methyl sites for hydroxylation is 1. The summed E-state index contributed by atoms with van der Waals surface area (Å²) < 4.78 is 0. The molecule has 0 saturated carbocycles. The Labute approximate surface area is 109 Å². The Hall–Kier alpha value is -1.35. The van der Waals surface area contributed by atoms with E-state index in [1.165, 1.54) is 0 Å². The van der Waals surface area contributed by atoms with E-state index >= 15 is 0 Å². The number of benzene rings is 1. The highest BCUT2D eigenvalue weighted by molar-refractivity contribution is 5.96. The summed E-state index contributed by atoms with van der Waals surface area (Å²) in [5, 5.41) is 3.40. The summed E-state index contributed by atoms with van der Waals surface area (Å²) in [6, 6.07) is 8.57. The number of hydrogen-bond donors (Lipinski definition) is 1. The SMILES string of the molecule is CCc1ccccc1C(=O)N1CC(C)NCC1C. The van der Waals surface area contributed by atoms with Crippen LogP contribution in [0.25, 0.3) is 0 Å². The molecule has 0 aliphatic carbocycles. The van der Waals surface area contributed by atoms with Crippen LogP contribution >= 0.6 is 0 Å². The molecule has 1 heterocycles. The van der Waals surface area contributed by atoms with Gasteiger partial charge in [0.1, 0.15) is 0 Å². The van der Waals surface area contributed by atoms with Crippen LogP contribution in [0.15, 0.2) is 24.3 Å². The summed E-state index contributed by atoms with van der Waals surface area (Å²) in [6.45, 7) is 7.98. The smallest absolute Gasteiger partial charge is 0.254 e. The van der Waals surface area contributed by atoms with Crippen molar-refractivity contribution < 1.29 is 4.79 Å². The summed E-state index contributed by atoms with van der Waals surface area (Å²) in [4.78, 5) is 14.6. The van der Waals surface area contributed by atoms with Crippen molar-refractivity contribution in [1.29, 1.82) is 0 Å². The van der Waals surface area contributed by atoms with Gasteiger partial charge in [0, 0.05) is 30.7 Å². The van der Waals surface area contributed by atoms with Crippen LogP contribution in [0.1, 0.15) is 36.7 Å². The third-order valence-electron chi connectivity index (χ3n) is 3.65. The van der Waals surface area contributed by atoms with Crippen LogP contribution in [-0.2, 0) is 6.42 Å². The predicted octanol–water partition coefficient (Wildman–Crippen LogP) is 2.07. The monoisotopic (exact) mass is 246 g/mol. The minimum absolute atomic E-state index is 0.174. The summed E-state index contributed by atoms with van der Waals surface area (Å²) in [7, 11) is 0. The zero-order valence-corrected chi connectivity index (χ0v) is 11.4. The minimum Gasteiger partial charge on any atom is -0.333 e. The van der Waals surface area contributed by atoms with Crippen molar-refractivity contribution in [2.24, 2.45) is 0 Å². The number of rotatable bonds is 2. The Morgan fingerprint density at radius 1 is 1.39 bits per heavy atom. The highest BCUT2D eigenvalue weighted by atomic mass is 16.2. The molecular weight excluding hydrogens is 224 g/mol. The van der Waals surface area contributed by atoms with Gasteiger partial charge >= 0.3 is 0 Å². The second-order valence-electron chi connectivity index (χ2n) is 5.13. The number of carbonyl (C=O) groups is 1.